The molecule has 0 aromatic heterocycles. The van der Waals surface area contributed by atoms with E-state index in [0.717, 1.165) is 19.5 Å². The molecule has 1 amide bonds. The van der Waals surface area contributed by atoms with Crippen molar-refractivity contribution < 1.29 is 4.79 Å². The minimum atomic E-state index is 0.0543. The maximum absolute atomic E-state index is 11.3. The van der Waals surface area contributed by atoms with E-state index < -0.39 is 0 Å². The molecule has 0 aromatic carbocycles. The molecule has 0 aliphatic carbocycles. The molecule has 1 unspecified atom stereocenters. The van der Waals surface area contributed by atoms with Gasteiger partial charge in [-0.2, -0.15) is 0 Å². The fraction of sp³-hybridized carbons (Fsp3) is 0.900. The normalized spacial score (nSPS) is 22.8. The van der Waals surface area contributed by atoms with Crippen LogP contribution in [-0.2, 0) is 4.79 Å². The van der Waals surface area contributed by atoms with E-state index in [-0.39, 0.29) is 11.3 Å². The van der Waals surface area contributed by atoms with Gasteiger partial charge in [0.15, 0.2) is 0 Å². The molecular formula is C10H18ClNO. The van der Waals surface area contributed by atoms with Gasteiger partial charge in [-0.25, -0.2) is 0 Å². The van der Waals surface area contributed by atoms with Gasteiger partial charge >= 0.3 is 0 Å². The van der Waals surface area contributed by atoms with Crippen LogP contribution in [-0.4, -0.2) is 29.3 Å². The molecule has 13 heavy (non-hydrogen) atoms. The fourth-order valence-electron chi connectivity index (χ4n) is 1.67. The van der Waals surface area contributed by atoms with Crippen LogP contribution in [0, 0.1) is 0 Å². The van der Waals surface area contributed by atoms with Crippen LogP contribution in [0.1, 0.15) is 39.0 Å². The molecule has 0 spiro atoms. The Balaban J connectivity index is 2.11. The maximum Gasteiger partial charge on any atom is 0.224 e. The summed E-state index contributed by atoms with van der Waals surface area (Å²) in [5.74, 6) is 0.233. The average molecular weight is 204 g/mol. The number of unbranched alkanes of at least 4 members (excludes halogenated alkanes) is 3. The van der Waals surface area contributed by atoms with Crippen LogP contribution >= 0.6 is 11.6 Å². The number of halogens is 1. The second-order valence-electron chi connectivity index (χ2n) is 3.70. The molecule has 3 heteroatoms. The minimum absolute atomic E-state index is 0.0543. The van der Waals surface area contributed by atoms with Gasteiger partial charge < -0.3 is 4.90 Å². The lowest BCUT2D eigenvalue weighted by molar-refractivity contribution is -0.127. The van der Waals surface area contributed by atoms with Crippen molar-refractivity contribution in [2.24, 2.45) is 0 Å². The van der Waals surface area contributed by atoms with Crippen molar-refractivity contribution in [3.05, 3.63) is 0 Å². The zero-order valence-corrected chi connectivity index (χ0v) is 9.02. The van der Waals surface area contributed by atoms with Crippen LogP contribution in [0.2, 0.25) is 0 Å². The first-order chi connectivity index (χ1) is 6.24. The highest BCUT2D eigenvalue weighted by molar-refractivity contribution is 6.22. The van der Waals surface area contributed by atoms with E-state index in [1.165, 1.54) is 19.3 Å². The lowest BCUT2D eigenvalue weighted by Crippen LogP contribution is -2.26. The van der Waals surface area contributed by atoms with E-state index in [1.54, 1.807) is 0 Å². The SMILES string of the molecule is CCCCCCN1CC(Cl)CC1=O. The first kappa shape index (κ1) is 10.8. The molecule has 2 nitrogen and oxygen atoms in total. The number of rotatable bonds is 5. The maximum atomic E-state index is 11.3. The monoisotopic (exact) mass is 203 g/mol. The zero-order chi connectivity index (χ0) is 9.68. The predicted molar refractivity (Wildman–Crippen MR) is 55.0 cm³/mol. The summed E-state index contributed by atoms with van der Waals surface area (Å²) in [6, 6.07) is 0. The summed E-state index contributed by atoms with van der Waals surface area (Å²) in [6.07, 6.45) is 5.41. The van der Waals surface area contributed by atoms with Crippen molar-refractivity contribution in [2.75, 3.05) is 13.1 Å². The summed E-state index contributed by atoms with van der Waals surface area (Å²) in [5.41, 5.74) is 0. The first-order valence-corrected chi connectivity index (χ1v) is 5.59. The highest BCUT2D eigenvalue weighted by Gasteiger charge is 2.26. The van der Waals surface area contributed by atoms with E-state index in [0.29, 0.717) is 6.42 Å². The summed E-state index contributed by atoms with van der Waals surface area (Å²) in [7, 11) is 0. The number of hydrogen-bond donors (Lipinski definition) is 0. The van der Waals surface area contributed by atoms with Gasteiger partial charge in [-0.15, -0.1) is 11.6 Å². The molecule has 0 bridgehead atoms. The van der Waals surface area contributed by atoms with Gasteiger partial charge in [0.1, 0.15) is 0 Å². The number of nitrogens with zero attached hydrogens (tertiary/aromatic N) is 1. The lowest BCUT2D eigenvalue weighted by Gasteiger charge is -2.14. The van der Waals surface area contributed by atoms with Crippen molar-refractivity contribution in [3.8, 4) is 0 Å². The molecule has 76 valence electrons. The van der Waals surface area contributed by atoms with Crippen LogP contribution in [0.3, 0.4) is 0 Å². The molecule has 0 N–H and O–H groups in total. The molecule has 1 heterocycles. The van der Waals surface area contributed by atoms with Crippen LogP contribution < -0.4 is 0 Å². The van der Waals surface area contributed by atoms with Crippen molar-refractivity contribution in [2.45, 2.75) is 44.4 Å². The first-order valence-electron chi connectivity index (χ1n) is 5.16. The quantitative estimate of drug-likeness (QED) is 0.497. The third-order valence-corrected chi connectivity index (χ3v) is 2.74. The van der Waals surface area contributed by atoms with Gasteiger partial charge in [0.25, 0.3) is 0 Å². The molecule has 1 rings (SSSR count). The number of alkyl halides is 1. The Hall–Kier alpha value is -0.240. The number of carbonyl (C=O) groups is 1. The molecule has 1 atom stereocenters. The van der Waals surface area contributed by atoms with Crippen LogP contribution in [0.15, 0.2) is 0 Å². The Morgan fingerprint density at radius 2 is 2.23 bits per heavy atom. The Labute approximate surface area is 85.2 Å². The Morgan fingerprint density at radius 1 is 1.46 bits per heavy atom. The molecule has 1 fully saturated rings. The van der Waals surface area contributed by atoms with E-state index in [2.05, 4.69) is 6.92 Å². The third kappa shape index (κ3) is 3.55. The molecule has 0 radical (unpaired) electrons. The van der Waals surface area contributed by atoms with Crippen LogP contribution in [0.5, 0.6) is 0 Å². The largest absolute Gasteiger partial charge is 0.341 e. The van der Waals surface area contributed by atoms with Gasteiger partial charge in [-0.3, -0.25) is 4.79 Å². The minimum Gasteiger partial charge on any atom is -0.341 e. The summed E-state index contributed by atoms with van der Waals surface area (Å²) in [5, 5.41) is 0.0543. The van der Waals surface area contributed by atoms with E-state index in [1.807, 2.05) is 4.90 Å². The number of likely N-dealkylation sites (tertiary alicyclic amines) is 1. The second-order valence-corrected chi connectivity index (χ2v) is 4.32. The summed E-state index contributed by atoms with van der Waals surface area (Å²) >= 11 is 5.88. The summed E-state index contributed by atoms with van der Waals surface area (Å²) in [4.78, 5) is 13.2. The number of carbonyl (C=O) groups excluding carboxylic acids is 1. The van der Waals surface area contributed by atoms with E-state index in [4.69, 9.17) is 11.6 Å². The van der Waals surface area contributed by atoms with E-state index >= 15 is 0 Å². The molecule has 0 aromatic rings. The predicted octanol–water partition coefficient (Wildman–Crippen LogP) is 2.41. The Kier molecular flexibility index (Phi) is 4.57. The van der Waals surface area contributed by atoms with Crippen LogP contribution in [0.4, 0.5) is 0 Å². The zero-order valence-electron chi connectivity index (χ0n) is 8.26. The standard InChI is InChI=1S/C10H18ClNO/c1-2-3-4-5-6-12-8-9(11)7-10(12)13/h9H,2-8H2,1H3. The molecule has 1 aliphatic heterocycles. The van der Waals surface area contributed by atoms with Crippen molar-refractivity contribution >= 4 is 17.5 Å². The second kappa shape index (κ2) is 5.48. The summed E-state index contributed by atoms with van der Waals surface area (Å²) < 4.78 is 0. The number of hydrogen-bond acceptors (Lipinski definition) is 1. The number of amides is 1. The molecular weight excluding hydrogens is 186 g/mol. The topological polar surface area (TPSA) is 20.3 Å². The lowest BCUT2D eigenvalue weighted by atomic mass is 10.2. The Morgan fingerprint density at radius 3 is 2.77 bits per heavy atom. The fourth-order valence-corrected chi connectivity index (χ4v) is 1.97. The third-order valence-electron chi connectivity index (χ3n) is 2.45. The van der Waals surface area contributed by atoms with Gasteiger partial charge in [-0.05, 0) is 6.42 Å². The van der Waals surface area contributed by atoms with Crippen molar-refractivity contribution in [3.63, 3.8) is 0 Å². The highest BCUT2D eigenvalue weighted by atomic mass is 35.5. The van der Waals surface area contributed by atoms with E-state index in [9.17, 15) is 4.79 Å². The van der Waals surface area contributed by atoms with Crippen molar-refractivity contribution in [1.29, 1.82) is 0 Å². The van der Waals surface area contributed by atoms with Crippen molar-refractivity contribution in [1.82, 2.24) is 4.90 Å². The highest BCUT2D eigenvalue weighted by Crippen LogP contribution is 2.16. The van der Waals surface area contributed by atoms with Gasteiger partial charge in [0.2, 0.25) is 5.91 Å². The molecule has 1 saturated heterocycles. The smallest absolute Gasteiger partial charge is 0.224 e. The molecule has 1 aliphatic rings. The molecule has 0 saturated carbocycles. The van der Waals surface area contributed by atoms with Gasteiger partial charge in [0.05, 0.1) is 5.38 Å². The Bertz CT molecular complexity index is 172. The van der Waals surface area contributed by atoms with Gasteiger partial charge in [0, 0.05) is 19.5 Å². The van der Waals surface area contributed by atoms with Gasteiger partial charge in [-0.1, -0.05) is 26.2 Å². The average Bonchev–Trinajstić information content (AvgIpc) is 2.39. The van der Waals surface area contributed by atoms with Crippen LogP contribution in [0.25, 0.3) is 0 Å². The summed E-state index contributed by atoms with van der Waals surface area (Å²) in [6.45, 7) is 3.85.